The fourth-order valence-corrected chi connectivity index (χ4v) is 2.29. The smallest absolute Gasteiger partial charge is 0.154 e. The van der Waals surface area contributed by atoms with Crippen LogP contribution in [-0.4, -0.2) is 26.3 Å². The lowest BCUT2D eigenvalue weighted by Crippen LogP contribution is -2.34. The monoisotopic (exact) mass is 229 g/mol. The van der Waals surface area contributed by atoms with Crippen LogP contribution in [0, 0.1) is 0 Å². The average molecular weight is 229 g/mol. The number of aromatic nitrogens is 4. The van der Waals surface area contributed by atoms with E-state index in [9.17, 15) is 0 Å². The van der Waals surface area contributed by atoms with Crippen molar-refractivity contribution < 1.29 is 0 Å². The van der Waals surface area contributed by atoms with Crippen LogP contribution in [0.15, 0.2) is 24.5 Å². The van der Waals surface area contributed by atoms with Crippen molar-refractivity contribution in [2.24, 2.45) is 0 Å². The molecular weight excluding hydrogens is 214 g/mol. The van der Waals surface area contributed by atoms with Gasteiger partial charge in [-0.05, 0) is 11.6 Å². The summed E-state index contributed by atoms with van der Waals surface area (Å²) < 4.78 is 2.22. The molecule has 5 heteroatoms. The van der Waals surface area contributed by atoms with Gasteiger partial charge in [-0.2, -0.15) is 0 Å². The Labute approximate surface area is 99.9 Å². The number of hydrogen-bond acceptors (Lipinski definition) is 4. The molecular formula is C12H15N5. The molecule has 1 aliphatic heterocycles. The highest BCUT2D eigenvalue weighted by atomic mass is 15.3. The topological polar surface area (TPSA) is 55.6 Å². The minimum Gasteiger partial charge on any atom is -0.312 e. The SMILES string of the molecule is CCc1nnc2n1CCNC2c1cccnc1. The second kappa shape index (κ2) is 4.25. The molecule has 1 aliphatic rings. The molecule has 17 heavy (non-hydrogen) atoms. The molecule has 0 amide bonds. The van der Waals surface area contributed by atoms with Crippen molar-refractivity contribution in [2.75, 3.05) is 6.54 Å². The van der Waals surface area contributed by atoms with E-state index in [4.69, 9.17) is 0 Å². The van der Waals surface area contributed by atoms with Crippen LogP contribution in [0.25, 0.3) is 0 Å². The maximum absolute atomic E-state index is 4.31. The maximum Gasteiger partial charge on any atom is 0.154 e. The molecule has 2 aromatic rings. The summed E-state index contributed by atoms with van der Waals surface area (Å²) in [6.07, 6.45) is 4.59. The summed E-state index contributed by atoms with van der Waals surface area (Å²) in [6, 6.07) is 4.14. The summed E-state index contributed by atoms with van der Waals surface area (Å²) in [5, 5.41) is 12.0. The van der Waals surface area contributed by atoms with Gasteiger partial charge in [0.25, 0.3) is 0 Å². The second-order valence-electron chi connectivity index (χ2n) is 4.15. The molecule has 0 spiro atoms. The van der Waals surface area contributed by atoms with E-state index in [1.807, 2.05) is 12.3 Å². The molecule has 0 aromatic carbocycles. The maximum atomic E-state index is 4.31. The predicted molar refractivity (Wildman–Crippen MR) is 63.5 cm³/mol. The third-order valence-corrected chi connectivity index (χ3v) is 3.13. The zero-order chi connectivity index (χ0) is 11.7. The molecule has 0 bridgehead atoms. The van der Waals surface area contributed by atoms with Crippen molar-refractivity contribution in [1.82, 2.24) is 25.1 Å². The summed E-state index contributed by atoms with van der Waals surface area (Å²) in [5.74, 6) is 2.07. The molecule has 5 nitrogen and oxygen atoms in total. The van der Waals surface area contributed by atoms with E-state index in [1.165, 1.54) is 0 Å². The zero-order valence-corrected chi connectivity index (χ0v) is 9.80. The Kier molecular flexibility index (Phi) is 2.60. The van der Waals surface area contributed by atoms with Gasteiger partial charge in [0.15, 0.2) is 5.82 Å². The number of nitrogens with zero attached hydrogens (tertiary/aromatic N) is 4. The highest BCUT2D eigenvalue weighted by Crippen LogP contribution is 2.23. The lowest BCUT2D eigenvalue weighted by molar-refractivity contribution is 0.447. The summed E-state index contributed by atoms with van der Waals surface area (Å²) in [6.45, 7) is 4.00. The molecule has 0 fully saturated rings. The van der Waals surface area contributed by atoms with Gasteiger partial charge in [0.2, 0.25) is 0 Å². The summed E-state index contributed by atoms with van der Waals surface area (Å²) >= 11 is 0. The minimum absolute atomic E-state index is 0.116. The van der Waals surface area contributed by atoms with Crippen molar-refractivity contribution in [2.45, 2.75) is 25.9 Å². The number of hydrogen-bond donors (Lipinski definition) is 1. The minimum atomic E-state index is 0.116. The van der Waals surface area contributed by atoms with Gasteiger partial charge in [-0.3, -0.25) is 4.98 Å². The Morgan fingerprint density at radius 1 is 1.47 bits per heavy atom. The number of pyridine rings is 1. The molecule has 88 valence electrons. The lowest BCUT2D eigenvalue weighted by atomic mass is 10.1. The van der Waals surface area contributed by atoms with Crippen LogP contribution in [0.1, 0.15) is 30.2 Å². The Hall–Kier alpha value is -1.75. The normalized spacial score (nSPS) is 19.0. The van der Waals surface area contributed by atoms with E-state index in [2.05, 4.69) is 38.1 Å². The lowest BCUT2D eigenvalue weighted by Gasteiger charge is -2.25. The largest absolute Gasteiger partial charge is 0.312 e. The number of nitrogens with one attached hydrogen (secondary N) is 1. The van der Waals surface area contributed by atoms with Crippen molar-refractivity contribution in [3.8, 4) is 0 Å². The quantitative estimate of drug-likeness (QED) is 0.832. The Morgan fingerprint density at radius 3 is 3.18 bits per heavy atom. The predicted octanol–water partition coefficient (Wildman–Crippen LogP) is 0.928. The third-order valence-electron chi connectivity index (χ3n) is 3.13. The zero-order valence-electron chi connectivity index (χ0n) is 9.80. The molecule has 1 unspecified atom stereocenters. The van der Waals surface area contributed by atoms with Gasteiger partial charge in [-0.25, -0.2) is 0 Å². The van der Waals surface area contributed by atoms with Gasteiger partial charge in [0, 0.05) is 31.9 Å². The van der Waals surface area contributed by atoms with E-state index in [1.54, 1.807) is 6.20 Å². The fraction of sp³-hybridized carbons (Fsp3) is 0.417. The van der Waals surface area contributed by atoms with Gasteiger partial charge in [-0.1, -0.05) is 13.0 Å². The molecule has 1 atom stereocenters. The molecule has 3 heterocycles. The van der Waals surface area contributed by atoms with Crippen molar-refractivity contribution in [3.05, 3.63) is 41.7 Å². The first kappa shape index (κ1) is 10.4. The summed E-state index contributed by atoms with van der Waals surface area (Å²) in [5.41, 5.74) is 1.14. The number of aryl methyl sites for hydroxylation is 1. The first-order valence-electron chi connectivity index (χ1n) is 5.95. The highest BCUT2D eigenvalue weighted by Gasteiger charge is 2.25. The van der Waals surface area contributed by atoms with Crippen LogP contribution in [0.4, 0.5) is 0 Å². The van der Waals surface area contributed by atoms with Gasteiger partial charge in [0.05, 0.1) is 6.04 Å². The van der Waals surface area contributed by atoms with Crippen LogP contribution >= 0.6 is 0 Å². The van der Waals surface area contributed by atoms with E-state index in [0.717, 1.165) is 36.7 Å². The molecule has 2 aromatic heterocycles. The molecule has 1 N–H and O–H groups in total. The fourth-order valence-electron chi connectivity index (χ4n) is 2.29. The summed E-state index contributed by atoms with van der Waals surface area (Å²) in [4.78, 5) is 4.16. The van der Waals surface area contributed by atoms with Crippen molar-refractivity contribution in [1.29, 1.82) is 0 Å². The van der Waals surface area contributed by atoms with Crippen LogP contribution in [0.3, 0.4) is 0 Å². The molecule has 0 radical (unpaired) electrons. The van der Waals surface area contributed by atoms with E-state index in [0.29, 0.717) is 0 Å². The van der Waals surface area contributed by atoms with Crippen LogP contribution in [0.5, 0.6) is 0 Å². The van der Waals surface area contributed by atoms with Crippen LogP contribution in [0.2, 0.25) is 0 Å². The number of rotatable bonds is 2. The number of fused-ring (bicyclic) bond motifs is 1. The third kappa shape index (κ3) is 1.72. The van der Waals surface area contributed by atoms with E-state index in [-0.39, 0.29) is 6.04 Å². The molecule has 0 saturated heterocycles. The van der Waals surface area contributed by atoms with Gasteiger partial charge in [-0.15, -0.1) is 10.2 Å². The Bertz CT molecular complexity index is 505. The standard InChI is InChI=1S/C12H15N5/c1-2-10-15-16-12-11(14-6-7-17(10)12)9-4-3-5-13-8-9/h3-5,8,11,14H,2,6-7H2,1H3. The van der Waals surface area contributed by atoms with Crippen molar-refractivity contribution in [3.63, 3.8) is 0 Å². The molecule has 0 saturated carbocycles. The second-order valence-corrected chi connectivity index (χ2v) is 4.15. The van der Waals surface area contributed by atoms with E-state index >= 15 is 0 Å². The molecule has 0 aliphatic carbocycles. The van der Waals surface area contributed by atoms with Gasteiger partial charge >= 0.3 is 0 Å². The highest BCUT2D eigenvalue weighted by molar-refractivity contribution is 5.23. The Balaban J connectivity index is 2.03. The first-order chi connectivity index (χ1) is 8.40. The first-order valence-corrected chi connectivity index (χ1v) is 5.95. The summed E-state index contributed by atoms with van der Waals surface area (Å²) in [7, 11) is 0. The van der Waals surface area contributed by atoms with Crippen LogP contribution < -0.4 is 5.32 Å². The average Bonchev–Trinajstić information content (AvgIpc) is 2.82. The van der Waals surface area contributed by atoms with Gasteiger partial charge < -0.3 is 9.88 Å². The van der Waals surface area contributed by atoms with Crippen LogP contribution in [-0.2, 0) is 13.0 Å². The van der Waals surface area contributed by atoms with E-state index < -0.39 is 0 Å². The van der Waals surface area contributed by atoms with Crippen molar-refractivity contribution >= 4 is 0 Å². The Morgan fingerprint density at radius 2 is 2.41 bits per heavy atom. The van der Waals surface area contributed by atoms with Gasteiger partial charge in [0.1, 0.15) is 5.82 Å². The molecule has 3 rings (SSSR count).